The number of aromatic nitrogens is 2. The SMILES string of the molecule is O=C(NCc1ccc(Cl)c(Cl)c1)[C@@H]1CCCN1C(=O)CCc1nc2ccccc2[nH]1. The standard InChI is InChI=1S/C22H22Cl2N4O2/c23-15-8-7-14(12-16(15)24)13-25-22(30)19-6-3-11-28(19)21(29)10-9-20-26-17-4-1-2-5-18(17)27-20/h1-2,4-5,7-8,12,19H,3,6,9-11,13H2,(H,25,30)(H,26,27)/t19-/m0/s1. The van der Waals surface area contributed by atoms with Crippen molar-refractivity contribution in [3.05, 3.63) is 63.9 Å². The molecule has 0 bridgehead atoms. The Morgan fingerprint density at radius 3 is 2.80 bits per heavy atom. The summed E-state index contributed by atoms with van der Waals surface area (Å²) in [4.78, 5) is 34.9. The maximum Gasteiger partial charge on any atom is 0.243 e. The van der Waals surface area contributed by atoms with Gasteiger partial charge in [0.2, 0.25) is 11.8 Å². The number of H-pyrrole nitrogens is 1. The molecule has 3 aromatic rings. The first-order valence-electron chi connectivity index (χ1n) is 9.96. The number of para-hydroxylation sites is 2. The van der Waals surface area contributed by atoms with E-state index in [2.05, 4.69) is 15.3 Å². The molecular weight excluding hydrogens is 423 g/mol. The third-order valence-electron chi connectivity index (χ3n) is 5.34. The van der Waals surface area contributed by atoms with E-state index in [-0.39, 0.29) is 11.8 Å². The zero-order valence-electron chi connectivity index (χ0n) is 16.3. The molecule has 1 fully saturated rings. The average molecular weight is 445 g/mol. The molecule has 4 rings (SSSR count). The van der Waals surface area contributed by atoms with E-state index in [1.807, 2.05) is 30.3 Å². The Labute approximate surface area is 184 Å². The van der Waals surface area contributed by atoms with Crippen molar-refractivity contribution in [2.24, 2.45) is 0 Å². The molecule has 2 heterocycles. The van der Waals surface area contributed by atoms with Gasteiger partial charge in [-0.15, -0.1) is 0 Å². The van der Waals surface area contributed by atoms with Crippen LogP contribution in [0.3, 0.4) is 0 Å². The minimum atomic E-state index is -0.434. The van der Waals surface area contributed by atoms with Crippen LogP contribution in [0.4, 0.5) is 0 Å². The first-order valence-corrected chi connectivity index (χ1v) is 10.7. The number of likely N-dealkylation sites (tertiary alicyclic amines) is 1. The Morgan fingerprint density at radius 1 is 1.17 bits per heavy atom. The van der Waals surface area contributed by atoms with E-state index in [0.717, 1.165) is 28.8 Å². The number of benzene rings is 2. The zero-order valence-corrected chi connectivity index (χ0v) is 17.8. The van der Waals surface area contributed by atoms with Gasteiger partial charge in [-0.25, -0.2) is 4.98 Å². The summed E-state index contributed by atoms with van der Waals surface area (Å²) in [6.45, 7) is 0.942. The molecule has 2 aromatic carbocycles. The van der Waals surface area contributed by atoms with Crippen molar-refractivity contribution in [1.29, 1.82) is 0 Å². The van der Waals surface area contributed by atoms with Gasteiger partial charge in [0.1, 0.15) is 11.9 Å². The van der Waals surface area contributed by atoms with Crippen molar-refractivity contribution in [2.45, 2.75) is 38.3 Å². The van der Waals surface area contributed by atoms with Crippen molar-refractivity contribution in [3.63, 3.8) is 0 Å². The number of nitrogens with zero attached hydrogens (tertiary/aromatic N) is 2. The van der Waals surface area contributed by atoms with Gasteiger partial charge in [0.05, 0.1) is 21.1 Å². The normalized spacial score (nSPS) is 16.2. The van der Waals surface area contributed by atoms with Crippen LogP contribution in [-0.2, 0) is 22.6 Å². The highest BCUT2D eigenvalue weighted by Crippen LogP contribution is 2.23. The molecule has 8 heteroatoms. The lowest BCUT2D eigenvalue weighted by Gasteiger charge is -2.24. The highest BCUT2D eigenvalue weighted by molar-refractivity contribution is 6.42. The summed E-state index contributed by atoms with van der Waals surface area (Å²) in [5.74, 6) is 0.614. The van der Waals surface area contributed by atoms with E-state index in [0.29, 0.717) is 42.4 Å². The minimum absolute atomic E-state index is 0.0253. The zero-order chi connectivity index (χ0) is 21.1. The Balaban J connectivity index is 1.33. The Bertz CT molecular complexity index is 1050. The van der Waals surface area contributed by atoms with Crippen molar-refractivity contribution in [1.82, 2.24) is 20.2 Å². The summed E-state index contributed by atoms with van der Waals surface area (Å²) in [6.07, 6.45) is 2.32. The molecule has 0 saturated carbocycles. The van der Waals surface area contributed by atoms with E-state index in [4.69, 9.17) is 23.2 Å². The summed E-state index contributed by atoms with van der Waals surface area (Å²) in [6, 6.07) is 12.6. The molecule has 0 unspecified atom stereocenters. The summed E-state index contributed by atoms with van der Waals surface area (Å²) in [7, 11) is 0. The van der Waals surface area contributed by atoms with E-state index in [1.165, 1.54) is 0 Å². The number of rotatable bonds is 6. The van der Waals surface area contributed by atoms with E-state index in [9.17, 15) is 9.59 Å². The molecule has 2 N–H and O–H groups in total. The van der Waals surface area contributed by atoms with Crippen LogP contribution in [-0.4, -0.2) is 39.3 Å². The minimum Gasteiger partial charge on any atom is -0.350 e. The number of fused-ring (bicyclic) bond motifs is 1. The fourth-order valence-corrected chi connectivity index (χ4v) is 4.11. The van der Waals surface area contributed by atoms with Crippen molar-refractivity contribution in [2.75, 3.05) is 6.54 Å². The van der Waals surface area contributed by atoms with Crippen molar-refractivity contribution in [3.8, 4) is 0 Å². The Hall–Kier alpha value is -2.57. The lowest BCUT2D eigenvalue weighted by molar-refractivity contribution is -0.138. The number of carbonyl (C=O) groups is 2. The first kappa shape index (κ1) is 20.7. The molecule has 0 aliphatic carbocycles. The summed E-state index contributed by atoms with van der Waals surface area (Å²) in [5.41, 5.74) is 2.71. The number of hydrogen-bond acceptors (Lipinski definition) is 3. The van der Waals surface area contributed by atoms with Crippen LogP contribution in [0.1, 0.15) is 30.7 Å². The molecule has 1 saturated heterocycles. The molecule has 0 spiro atoms. The summed E-state index contributed by atoms with van der Waals surface area (Å²) in [5, 5.41) is 3.84. The van der Waals surface area contributed by atoms with Crippen LogP contribution in [0.25, 0.3) is 11.0 Å². The van der Waals surface area contributed by atoms with Crippen LogP contribution >= 0.6 is 23.2 Å². The molecule has 156 valence electrons. The predicted molar refractivity (Wildman–Crippen MR) is 117 cm³/mol. The van der Waals surface area contributed by atoms with E-state index in [1.54, 1.807) is 17.0 Å². The number of aryl methyl sites for hydroxylation is 1. The number of halogens is 2. The second-order valence-corrected chi connectivity index (χ2v) is 8.23. The van der Waals surface area contributed by atoms with Gasteiger partial charge in [-0.1, -0.05) is 41.4 Å². The fourth-order valence-electron chi connectivity index (χ4n) is 3.79. The molecule has 2 amide bonds. The molecule has 1 atom stereocenters. The summed E-state index contributed by atoms with van der Waals surface area (Å²) >= 11 is 12.0. The Morgan fingerprint density at radius 2 is 2.00 bits per heavy atom. The van der Waals surface area contributed by atoms with Gasteiger partial charge in [0.25, 0.3) is 0 Å². The average Bonchev–Trinajstić information content (AvgIpc) is 3.39. The molecule has 30 heavy (non-hydrogen) atoms. The number of imidazole rings is 1. The molecule has 1 aliphatic heterocycles. The third-order valence-corrected chi connectivity index (χ3v) is 6.08. The topological polar surface area (TPSA) is 78.1 Å². The third kappa shape index (κ3) is 4.60. The molecule has 1 aliphatic rings. The van der Waals surface area contributed by atoms with Gasteiger partial charge < -0.3 is 15.2 Å². The van der Waals surface area contributed by atoms with Gasteiger partial charge >= 0.3 is 0 Å². The van der Waals surface area contributed by atoms with Crippen molar-refractivity contribution >= 4 is 46.0 Å². The molecule has 1 aromatic heterocycles. The maximum absolute atomic E-state index is 12.8. The van der Waals surface area contributed by atoms with Gasteiger partial charge in [-0.2, -0.15) is 0 Å². The predicted octanol–water partition coefficient (Wildman–Crippen LogP) is 4.11. The number of carbonyl (C=O) groups excluding carboxylic acids is 2. The van der Waals surface area contributed by atoms with Gasteiger partial charge in [-0.05, 0) is 42.7 Å². The van der Waals surface area contributed by atoms with Gasteiger partial charge in [0, 0.05) is 25.9 Å². The van der Waals surface area contributed by atoms with Crippen LogP contribution in [0.15, 0.2) is 42.5 Å². The molecule has 0 radical (unpaired) electrons. The second-order valence-electron chi connectivity index (χ2n) is 7.41. The fraction of sp³-hybridized carbons (Fsp3) is 0.318. The van der Waals surface area contributed by atoms with Crippen LogP contribution in [0.5, 0.6) is 0 Å². The van der Waals surface area contributed by atoms with E-state index < -0.39 is 6.04 Å². The number of hydrogen-bond donors (Lipinski definition) is 2. The number of amides is 2. The van der Waals surface area contributed by atoms with Gasteiger partial charge in [0.15, 0.2) is 0 Å². The quantitative estimate of drug-likeness (QED) is 0.600. The second kappa shape index (κ2) is 9.06. The highest BCUT2D eigenvalue weighted by Gasteiger charge is 2.33. The number of aromatic amines is 1. The highest BCUT2D eigenvalue weighted by atomic mass is 35.5. The summed E-state index contributed by atoms with van der Waals surface area (Å²) < 4.78 is 0. The monoisotopic (exact) mass is 444 g/mol. The van der Waals surface area contributed by atoms with Crippen LogP contribution in [0.2, 0.25) is 10.0 Å². The first-order chi connectivity index (χ1) is 14.5. The van der Waals surface area contributed by atoms with Crippen LogP contribution in [0, 0.1) is 0 Å². The van der Waals surface area contributed by atoms with Gasteiger partial charge in [-0.3, -0.25) is 9.59 Å². The largest absolute Gasteiger partial charge is 0.350 e. The number of nitrogens with one attached hydrogen (secondary N) is 2. The Kier molecular flexibility index (Phi) is 6.25. The maximum atomic E-state index is 12.8. The van der Waals surface area contributed by atoms with Crippen molar-refractivity contribution < 1.29 is 9.59 Å². The van der Waals surface area contributed by atoms with E-state index >= 15 is 0 Å². The molecule has 6 nitrogen and oxygen atoms in total. The lowest BCUT2D eigenvalue weighted by atomic mass is 10.1. The smallest absolute Gasteiger partial charge is 0.243 e. The molecular formula is C22H22Cl2N4O2. The lowest BCUT2D eigenvalue weighted by Crippen LogP contribution is -2.45. The van der Waals surface area contributed by atoms with Crippen LogP contribution < -0.4 is 5.32 Å².